The van der Waals surface area contributed by atoms with E-state index in [1.165, 1.54) is 6.33 Å². The Morgan fingerprint density at radius 1 is 1.11 bits per heavy atom. The highest BCUT2D eigenvalue weighted by atomic mass is 16.1. The number of aromatic nitrogens is 10. The van der Waals surface area contributed by atoms with Crippen molar-refractivity contribution in [3.63, 3.8) is 0 Å². The number of H-pyrrole nitrogens is 1. The molecular formula is C24H23N11O. The molecule has 0 spiro atoms. The maximum atomic E-state index is 12.7. The number of tetrazole rings is 1. The number of hydrogen-bond donors (Lipinski definition) is 2. The molecule has 4 aromatic heterocycles. The van der Waals surface area contributed by atoms with Crippen molar-refractivity contribution >= 4 is 28.0 Å². The number of imidazole rings is 3. The van der Waals surface area contributed by atoms with Crippen molar-refractivity contribution in [3.8, 4) is 5.69 Å². The topological polar surface area (TPSA) is 137 Å². The van der Waals surface area contributed by atoms with Crippen LogP contribution in [0.1, 0.15) is 34.8 Å². The molecule has 2 N–H and O–H groups in total. The van der Waals surface area contributed by atoms with Crippen LogP contribution >= 0.6 is 0 Å². The summed E-state index contributed by atoms with van der Waals surface area (Å²) in [6.07, 6.45) is 6.93. The second-order valence-electron chi connectivity index (χ2n) is 8.58. The first-order valence-corrected chi connectivity index (χ1v) is 11.5. The van der Waals surface area contributed by atoms with Gasteiger partial charge < -0.3 is 19.4 Å². The first kappa shape index (κ1) is 21.6. The molecular weight excluding hydrogens is 458 g/mol. The van der Waals surface area contributed by atoms with Gasteiger partial charge in [-0.3, -0.25) is 4.79 Å². The lowest BCUT2D eigenvalue weighted by atomic mass is 10.1. The predicted octanol–water partition coefficient (Wildman–Crippen LogP) is 2.20. The van der Waals surface area contributed by atoms with Crippen molar-refractivity contribution in [3.05, 3.63) is 78.7 Å². The van der Waals surface area contributed by atoms with E-state index in [4.69, 9.17) is 9.97 Å². The van der Waals surface area contributed by atoms with E-state index in [0.29, 0.717) is 18.7 Å². The lowest BCUT2D eigenvalue weighted by Gasteiger charge is -2.09. The fourth-order valence-corrected chi connectivity index (χ4v) is 4.32. The zero-order valence-electron chi connectivity index (χ0n) is 19.7. The first-order valence-electron chi connectivity index (χ1n) is 11.5. The highest BCUT2D eigenvalue weighted by Crippen LogP contribution is 2.27. The fourth-order valence-electron chi connectivity index (χ4n) is 4.32. The molecule has 12 heteroatoms. The van der Waals surface area contributed by atoms with Gasteiger partial charge in [-0.05, 0) is 53.7 Å². The minimum Gasteiger partial charge on any atom is -0.350 e. The van der Waals surface area contributed by atoms with E-state index in [2.05, 4.69) is 37.7 Å². The minimum atomic E-state index is -0.160. The van der Waals surface area contributed by atoms with Crippen LogP contribution in [0.2, 0.25) is 0 Å². The highest BCUT2D eigenvalue weighted by Gasteiger charge is 2.20. The number of benzene rings is 2. The third kappa shape index (κ3) is 3.87. The molecule has 0 aliphatic heterocycles. The number of hydrogen-bond acceptors (Lipinski definition) is 7. The van der Waals surface area contributed by atoms with Crippen LogP contribution in [-0.4, -0.2) is 61.7 Å². The fraction of sp³-hybridized carbons (Fsp3) is 0.208. The number of fused-ring (bicyclic) bond motifs is 2. The summed E-state index contributed by atoms with van der Waals surface area (Å²) in [7, 11) is 1.96. The van der Waals surface area contributed by atoms with E-state index in [0.717, 1.165) is 39.4 Å². The maximum absolute atomic E-state index is 12.7. The van der Waals surface area contributed by atoms with Crippen LogP contribution in [0.25, 0.3) is 27.8 Å². The number of amides is 1. The number of nitrogens with zero attached hydrogens (tertiary/aromatic N) is 9. The predicted molar refractivity (Wildman–Crippen MR) is 132 cm³/mol. The summed E-state index contributed by atoms with van der Waals surface area (Å²) in [4.78, 5) is 29.9. The standard InChI is InChI=1S/C24H23N11O/c1-15(22-28-18-6-4-17(12-20(18)29-22)34-9-7-25-13-34)23-30-19-5-3-16(11-21(19)33(23)2)24(36)26-8-10-35-14-27-31-32-35/h3-7,9,11-15H,8,10H2,1-2H3,(H,26,36)(H,28,29). The molecule has 0 aliphatic carbocycles. The molecule has 0 bridgehead atoms. The second kappa shape index (κ2) is 8.73. The van der Waals surface area contributed by atoms with Gasteiger partial charge in [0.25, 0.3) is 5.91 Å². The molecule has 0 saturated carbocycles. The van der Waals surface area contributed by atoms with Crippen LogP contribution in [-0.2, 0) is 13.6 Å². The summed E-state index contributed by atoms with van der Waals surface area (Å²) in [5, 5.41) is 13.9. The summed E-state index contributed by atoms with van der Waals surface area (Å²) in [5.74, 6) is 1.44. The molecule has 2 aromatic carbocycles. The van der Waals surface area contributed by atoms with Crippen LogP contribution < -0.4 is 5.32 Å². The summed E-state index contributed by atoms with van der Waals surface area (Å²) in [6, 6.07) is 11.6. The van der Waals surface area contributed by atoms with Crippen LogP contribution in [0.3, 0.4) is 0 Å². The van der Waals surface area contributed by atoms with Gasteiger partial charge in [0.15, 0.2) is 0 Å². The summed E-state index contributed by atoms with van der Waals surface area (Å²) in [5.41, 5.74) is 5.10. The Morgan fingerprint density at radius 2 is 2.03 bits per heavy atom. The average molecular weight is 482 g/mol. The lowest BCUT2D eigenvalue weighted by molar-refractivity contribution is 0.0952. The molecule has 0 radical (unpaired) electrons. The van der Waals surface area contributed by atoms with Gasteiger partial charge in [-0.1, -0.05) is 0 Å². The summed E-state index contributed by atoms with van der Waals surface area (Å²) >= 11 is 0. The molecule has 1 amide bonds. The Kier molecular flexibility index (Phi) is 5.25. The van der Waals surface area contributed by atoms with E-state index >= 15 is 0 Å². The van der Waals surface area contributed by atoms with E-state index in [9.17, 15) is 4.79 Å². The number of aromatic amines is 1. The molecule has 0 aliphatic rings. The van der Waals surface area contributed by atoms with Crippen molar-refractivity contribution in [1.29, 1.82) is 0 Å². The quantitative estimate of drug-likeness (QED) is 0.357. The summed E-state index contributed by atoms with van der Waals surface area (Å²) in [6.45, 7) is 2.99. The van der Waals surface area contributed by atoms with Gasteiger partial charge in [0, 0.05) is 37.2 Å². The number of carbonyl (C=O) groups is 1. The molecule has 180 valence electrons. The summed E-state index contributed by atoms with van der Waals surface area (Å²) < 4.78 is 5.53. The molecule has 12 nitrogen and oxygen atoms in total. The molecule has 6 rings (SSSR count). The van der Waals surface area contributed by atoms with Crippen molar-refractivity contribution in [2.75, 3.05) is 6.54 Å². The minimum absolute atomic E-state index is 0.0833. The van der Waals surface area contributed by atoms with Crippen LogP contribution in [0.15, 0.2) is 61.4 Å². The maximum Gasteiger partial charge on any atom is 0.251 e. The van der Waals surface area contributed by atoms with Crippen molar-refractivity contribution in [2.24, 2.45) is 7.05 Å². The van der Waals surface area contributed by atoms with Crippen LogP contribution in [0.5, 0.6) is 0 Å². The van der Waals surface area contributed by atoms with Gasteiger partial charge in [0.05, 0.1) is 40.9 Å². The molecule has 0 fully saturated rings. The van der Waals surface area contributed by atoms with Crippen molar-refractivity contribution < 1.29 is 4.79 Å². The Bertz CT molecular complexity index is 1660. The Hall–Kier alpha value is -4.87. The van der Waals surface area contributed by atoms with E-state index < -0.39 is 0 Å². The third-order valence-corrected chi connectivity index (χ3v) is 6.28. The molecule has 1 atom stereocenters. The van der Waals surface area contributed by atoms with Crippen molar-refractivity contribution in [1.82, 2.24) is 54.6 Å². The number of carbonyl (C=O) groups excluding carboxylic acids is 1. The Labute approximate surface area is 205 Å². The normalized spacial score (nSPS) is 12.4. The van der Waals surface area contributed by atoms with Gasteiger partial charge in [-0.15, -0.1) is 5.10 Å². The van der Waals surface area contributed by atoms with Crippen LogP contribution in [0, 0.1) is 0 Å². The second-order valence-corrected chi connectivity index (χ2v) is 8.58. The Morgan fingerprint density at radius 3 is 2.83 bits per heavy atom. The van der Waals surface area contributed by atoms with E-state index in [1.807, 2.05) is 52.7 Å². The van der Waals surface area contributed by atoms with E-state index in [-0.39, 0.29) is 11.8 Å². The zero-order valence-corrected chi connectivity index (χ0v) is 19.7. The SMILES string of the molecule is CC(c1nc2cc(-n3ccnc3)ccc2[nH]1)c1nc2ccc(C(=O)NCCn3cnnn3)cc2n1C. The number of rotatable bonds is 7. The van der Waals surface area contributed by atoms with E-state index in [1.54, 1.807) is 23.3 Å². The first-order chi connectivity index (χ1) is 17.6. The molecule has 4 heterocycles. The molecule has 1 unspecified atom stereocenters. The third-order valence-electron chi connectivity index (χ3n) is 6.28. The largest absolute Gasteiger partial charge is 0.350 e. The number of aryl methyl sites for hydroxylation is 1. The Balaban J connectivity index is 1.24. The molecule has 0 saturated heterocycles. The van der Waals surface area contributed by atoms with Gasteiger partial charge in [0.1, 0.15) is 18.0 Å². The van der Waals surface area contributed by atoms with Gasteiger partial charge >= 0.3 is 0 Å². The molecule has 36 heavy (non-hydrogen) atoms. The monoisotopic (exact) mass is 481 g/mol. The van der Waals surface area contributed by atoms with Gasteiger partial charge in [0.2, 0.25) is 0 Å². The lowest BCUT2D eigenvalue weighted by Crippen LogP contribution is -2.27. The van der Waals surface area contributed by atoms with Crippen LogP contribution in [0.4, 0.5) is 0 Å². The highest BCUT2D eigenvalue weighted by molar-refractivity contribution is 5.97. The molecule has 6 aromatic rings. The average Bonchev–Trinajstić information content (AvgIpc) is 3.70. The van der Waals surface area contributed by atoms with Gasteiger partial charge in [-0.2, -0.15) is 0 Å². The van der Waals surface area contributed by atoms with Gasteiger partial charge in [-0.25, -0.2) is 19.6 Å². The smallest absolute Gasteiger partial charge is 0.251 e. The van der Waals surface area contributed by atoms with Crippen molar-refractivity contribution in [2.45, 2.75) is 19.4 Å². The zero-order chi connectivity index (χ0) is 24.6. The number of nitrogens with one attached hydrogen (secondary N) is 2.